The van der Waals surface area contributed by atoms with E-state index in [1.807, 2.05) is 44.2 Å². The van der Waals surface area contributed by atoms with Gasteiger partial charge in [-0.3, -0.25) is 4.79 Å². The van der Waals surface area contributed by atoms with E-state index >= 15 is 0 Å². The van der Waals surface area contributed by atoms with E-state index in [1.165, 1.54) is 18.7 Å². The van der Waals surface area contributed by atoms with Gasteiger partial charge in [0.05, 0.1) is 5.54 Å². The van der Waals surface area contributed by atoms with Gasteiger partial charge >= 0.3 is 0 Å². The highest BCUT2D eigenvalue weighted by Gasteiger charge is 2.38. The van der Waals surface area contributed by atoms with Crippen LogP contribution in [0.5, 0.6) is 0 Å². The Morgan fingerprint density at radius 2 is 1.65 bits per heavy atom. The number of hydrogen-bond acceptors (Lipinski definition) is 2. The second kappa shape index (κ2) is 7.54. The minimum absolute atomic E-state index is 0.141. The van der Waals surface area contributed by atoms with Crippen LogP contribution in [0.2, 0.25) is 0 Å². The largest absolute Gasteiger partial charge is 0.381 e. The highest BCUT2D eigenvalue weighted by molar-refractivity contribution is 5.85. The Balaban J connectivity index is 2.36. The third kappa shape index (κ3) is 4.47. The van der Waals surface area contributed by atoms with Gasteiger partial charge in [-0.2, -0.15) is 0 Å². The predicted molar refractivity (Wildman–Crippen MR) is 97.5 cm³/mol. The van der Waals surface area contributed by atoms with Crippen molar-refractivity contribution < 1.29 is 18.7 Å². The fourth-order valence-corrected chi connectivity index (χ4v) is 2.93. The van der Waals surface area contributed by atoms with Crippen LogP contribution in [0.15, 0.2) is 48.5 Å². The van der Waals surface area contributed by atoms with Crippen LogP contribution >= 0.6 is 0 Å². The average Bonchev–Trinajstić information content (AvgIpc) is 2.57. The number of amides is 1. The zero-order valence-electron chi connectivity index (χ0n) is 15.6. The zero-order chi connectivity index (χ0) is 19.5. The number of carbonyl (C=O) groups is 1. The van der Waals surface area contributed by atoms with Crippen LogP contribution < -0.4 is 0 Å². The minimum atomic E-state index is -1.58. The molecule has 0 bridgehead atoms. The molecule has 2 aromatic carbocycles. The molecule has 1 amide bonds. The molecule has 0 saturated heterocycles. The summed E-state index contributed by atoms with van der Waals surface area (Å²) in [7, 11) is 0. The summed E-state index contributed by atoms with van der Waals surface area (Å²) < 4.78 is 27.4. The van der Waals surface area contributed by atoms with Crippen LogP contribution in [0.1, 0.15) is 38.8 Å². The van der Waals surface area contributed by atoms with Gasteiger partial charge in [-0.1, -0.05) is 30.3 Å². The van der Waals surface area contributed by atoms with Crippen molar-refractivity contribution in [1.29, 1.82) is 0 Å². The second-order valence-corrected chi connectivity index (χ2v) is 7.43. The van der Waals surface area contributed by atoms with Gasteiger partial charge in [0.1, 0.15) is 17.2 Å². The lowest BCUT2D eigenvalue weighted by molar-refractivity contribution is -0.154. The first kappa shape index (κ1) is 20.0. The van der Waals surface area contributed by atoms with E-state index in [9.17, 15) is 18.7 Å². The summed E-state index contributed by atoms with van der Waals surface area (Å²) in [6.07, 6.45) is 0.141. The summed E-state index contributed by atoms with van der Waals surface area (Å²) in [5.74, 6) is -1.51. The molecule has 0 saturated carbocycles. The van der Waals surface area contributed by atoms with Crippen molar-refractivity contribution in [3.63, 3.8) is 0 Å². The molecule has 0 fully saturated rings. The number of aliphatic hydroxyl groups is 1. The lowest BCUT2D eigenvalue weighted by Crippen LogP contribution is -2.54. The van der Waals surface area contributed by atoms with E-state index in [1.54, 1.807) is 0 Å². The van der Waals surface area contributed by atoms with Crippen LogP contribution in [-0.2, 0) is 16.8 Å². The Labute approximate surface area is 153 Å². The number of rotatable bonds is 6. The molecule has 0 heterocycles. The standard InChI is InChI=1S/C21H25F2NO2/c1-20(2,16-8-6-5-7-9-16)24(19(25)21(3,4)26)13-12-15-14-17(22)10-11-18(15)23/h5-11,14,26H,12-13H2,1-4H3. The van der Waals surface area contributed by atoms with Gasteiger partial charge in [0, 0.05) is 6.54 Å². The lowest BCUT2D eigenvalue weighted by Gasteiger charge is -2.42. The van der Waals surface area contributed by atoms with E-state index in [0.717, 1.165) is 23.8 Å². The highest BCUT2D eigenvalue weighted by Crippen LogP contribution is 2.30. The molecule has 0 atom stereocenters. The smallest absolute Gasteiger partial charge is 0.254 e. The first-order chi connectivity index (χ1) is 12.0. The summed E-state index contributed by atoms with van der Waals surface area (Å²) in [6, 6.07) is 12.7. The van der Waals surface area contributed by atoms with Crippen LogP contribution in [0.4, 0.5) is 8.78 Å². The average molecular weight is 361 g/mol. The monoisotopic (exact) mass is 361 g/mol. The maximum atomic E-state index is 14.0. The van der Waals surface area contributed by atoms with Gasteiger partial charge in [-0.25, -0.2) is 8.78 Å². The maximum absolute atomic E-state index is 14.0. The molecule has 0 aromatic heterocycles. The molecule has 0 radical (unpaired) electrons. The molecule has 0 unspecified atom stereocenters. The molecule has 0 aliphatic heterocycles. The summed E-state index contributed by atoms with van der Waals surface area (Å²) in [5, 5.41) is 10.2. The fraction of sp³-hybridized carbons (Fsp3) is 0.381. The van der Waals surface area contributed by atoms with E-state index in [-0.39, 0.29) is 18.5 Å². The van der Waals surface area contributed by atoms with Crippen LogP contribution in [-0.4, -0.2) is 28.1 Å². The topological polar surface area (TPSA) is 40.5 Å². The molecule has 0 spiro atoms. The van der Waals surface area contributed by atoms with Crippen molar-refractivity contribution in [2.24, 2.45) is 0 Å². The Kier molecular flexibility index (Phi) is 5.81. The molecule has 1 N–H and O–H groups in total. The quantitative estimate of drug-likeness (QED) is 0.843. The van der Waals surface area contributed by atoms with Crippen molar-refractivity contribution in [1.82, 2.24) is 4.90 Å². The summed E-state index contributed by atoms with van der Waals surface area (Å²) >= 11 is 0. The molecule has 5 heteroatoms. The normalized spacial score (nSPS) is 12.1. The van der Waals surface area contributed by atoms with Crippen LogP contribution in [0.3, 0.4) is 0 Å². The van der Waals surface area contributed by atoms with Gasteiger partial charge in [0.25, 0.3) is 5.91 Å². The van der Waals surface area contributed by atoms with E-state index in [4.69, 9.17) is 0 Å². The maximum Gasteiger partial charge on any atom is 0.254 e. The SMILES string of the molecule is CC(C)(O)C(=O)N(CCc1cc(F)ccc1F)C(C)(C)c1ccccc1. The Hall–Kier alpha value is -2.27. The third-order valence-corrected chi connectivity index (χ3v) is 4.54. The fourth-order valence-electron chi connectivity index (χ4n) is 2.93. The van der Waals surface area contributed by atoms with Gasteiger partial charge in [0.2, 0.25) is 0 Å². The Bertz CT molecular complexity index is 767. The van der Waals surface area contributed by atoms with Gasteiger partial charge in [0.15, 0.2) is 0 Å². The summed E-state index contributed by atoms with van der Waals surface area (Å²) in [5.41, 5.74) is -1.23. The van der Waals surface area contributed by atoms with E-state index in [2.05, 4.69) is 0 Å². The summed E-state index contributed by atoms with van der Waals surface area (Å²) in [4.78, 5) is 14.4. The Morgan fingerprint density at radius 1 is 1.04 bits per heavy atom. The molecule has 2 rings (SSSR count). The molecule has 3 nitrogen and oxygen atoms in total. The van der Waals surface area contributed by atoms with Crippen molar-refractivity contribution in [2.75, 3.05) is 6.54 Å². The van der Waals surface area contributed by atoms with Crippen molar-refractivity contribution in [3.8, 4) is 0 Å². The Morgan fingerprint density at radius 3 is 2.23 bits per heavy atom. The van der Waals surface area contributed by atoms with Gasteiger partial charge in [-0.15, -0.1) is 0 Å². The number of benzene rings is 2. The molecule has 26 heavy (non-hydrogen) atoms. The zero-order valence-corrected chi connectivity index (χ0v) is 15.6. The van der Waals surface area contributed by atoms with E-state index < -0.39 is 28.7 Å². The van der Waals surface area contributed by atoms with Crippen LogP contribution in [0, 0.1) is 11.6 Å². The number of hydrogen-bond donors (Lipinski definition) is 1. The van der Waals surface area contributed by atoms with E-state index in [0.29, 0.717) is 0 Å². The van der Waals surface area contributed by atoms with Crippen molar-refractivity contribution >= 4 is 5.91 Å². The van der Waals surface area contributed by atoms with Crippen molar-refractivity contribution in [2.45, 2.75) is 45.3 Å². The molecule has 140 valence electrons. The first-order valence-corrected chi connectivity index (χ1v) is 8.57. The minimum Gasteiger partial charge on any atom is -0.381 e. The second-order valence-electron chi connectivity index (χ2n) is 7.43. The molecular weight excluding hydrogens is 336 g/mol. The predicted octanol–water partition coefficient (Wildman–Crippen LogP) is 4.04. The molecule has 2 aromatic rings. The number of carbonyl (C=O) groups excluding carboxylic acids is 1. The lowest BCUT2D eigenvalue weighted by atomic mass is 9.90. The third-order valence-electron chi connectivity index (χ3n) is 4.54. The van der Waals surface area contributed by atoms with Crippen molar-refractivity contribution in [3.05, 3.63) is 71.3 Å². The highest BCUT2D eigenvalue weighted by atomic mass is 19.1. The molecule has 0 aliphatic rings. The van der Waals surface area contributed by atoms with Gasteiger partial charge in [-0.05, 0) is 63.4 Å². The summed E-state index contributed by atoms with van der Waals surface area (Å²) in [6.45, 7) is 6.73. The number of nitrogens with zero attached hydrogens (tertiary/aromatic N) is 1. The first-order valence-electron chi connectivity index (χ1n) is 8.57. The number of halogens is 2. The van der Waals surface area contributed by atoms with Crippen LogP contribution in [0.25, 0.3) is 0 Å². The molecular formula is C21H25F2NO2. The van der Waals surface area contributed by atoms with Gasteiger partial charge < -0.3 is 10.0 Å². The molecule has 0 aliphatic carbocycles.